The number of fused-ring (bicyclic) bond motifs is 9. The number of rotatable bonds is 7. The van der Waals surface area contributed by atoms with Crippen LogP contribution < -0.4 is 0 Å². The van der Waals surface area contributed by atoms with Gasteiger partial charge in [-0.1, -0.05) is 167 Å². The van der Waals surface area contributed by atoms with E-state index in [2.05, 4.69) is 184 Å². The molecule has 0 N–H and O–H groups in total. The standard InChI is InChI=1S/C57H40OS/c1-5-6-14-41-34-58-51-27-24-39-31-49-48-30-37(25-28-52(48)59-53(49)33-47(39)56(41)51)38-22-23-40-29-42(57(3,4)50(40)32-38)26-21-35(2)54-43-17-10-12-19-45(43)55(36-15-8-7-9-16-36)46-20-13-11-18-44(46)54/h5-34H,1-2H2,3-4H3/b14-6-,26-21-. The van der Waals surface area contributed by atoms with Gasteiger partial charge in [-0.3, -0.25) is 0 Å². The molecular formula is C57H40OS. The zero-order valence-corrected chi connectivity index (χ0v) is 33.9. The lowest BCUT2D eigenvalue weighted by atomic mass is 9.80. The first-order valence-corrected chi connectivity index (χ1v) is 21.0. The molecule has 0 spiro atoms. The van der Waals surface area contributed by atoms with Gasteiger partial charge in [-0.2, -0.15) is 0 Å². The van der Waals surface area contributed by atoms with Crippen LogP contribution in [0.15, 0.2) is 193 Å². The summed E-state index contributed by atoms with van der Waals surface area (Å²) in [5, 5.41) is 11.1. The van der Waals surface area contributed by atoms with Gasteiger partial charge in [0.15, 0.2) is 0 Å². The summed E-state index contributed by atoms with van der Waals surface area (Å²) in [5.74, 6) is 0. The summed E-state index contributed by atoms with van der Waals surface area (Å²) in [4.78, 5) is 0. The second-order valence-corrected chi connectivity index (χ2v) is 17.3. The first kappa shape index (κ1) is 35.2. The predicted molar refractivity (Wildman–Crippen MR) is 257 cm³/mol. The van der Waals surface area contributed by atoms with E-state index in [1.165, 1.54) is 97.0 Å². The molecule has 0 amide bonds. The lowest BCUT2D eigenvalue weighted by molar-refractivity contribution is 0.615. The lowest BCUT2D eigenvalue weighted by Crippen LogP contribution is -2.16. The van der Waals surface area contributed by atoms with Crippen molar-refractivity contribution in [1.29, 1.82) is 0 Å². The van der Waals surface area contributed by atoms with Gasteiger partial charge in [0.1, 0.15) is 5.58 Å². The van der Waals surface area contributed by atoms with Crippen LogP contribution in [0.3, 0.4) is 0 Å². The molecule has 11 rings (SSSR count). The fourth-order valence-electron chi connectivity index (χ4n) is 9.46. The van der Waals surface area contributed by atoms with Crippen molar-refractivity contribution in [2.75, 3.05) is 0 Å². The average Bonchev–Trinajstić information content (AvgIpc) is 3.93. The van der Waals surface area contributed by atoms with Crippen molar-refractivity contribution in [2.45, 2.75) is 19.3 Å². The number of furan rings is 1. The van der Waals surface area contributed by atoms with Gasteiger partial charge in [0.25, 0.3) is 0 Å². The summed E-state index contributed by atoms with van der Waals surface area (Å²) in [5.41, 5.74) is 12.8. The molecule has 280 valence electrons. The van der Waals surface area contributed by atoms with Gasteiger partial charge < -0.3 is 4.42 Å². The Bertz CT molecular complexity index is 3430. The number of thiophene rings is 1. The minimum Gasteiger partial charge on any atom is -0.464 e. The van der Waals surface area contributed by atoms with E-state index in [-0.39, 0.29) is 5.41 Å². The van der Waals surface area contributed by atoms with Gasteiger partial charge in [-0.15, -0.1) is 11.3 Å². The van der Waals surface area contributed by atoms with Crippen molar-refractivity contribution in [3.05, 3.63) is 211 Å². The Morgan fingerprint density at radius 3 is 2.08 bits per heavy atom. The summed E-state index contributed by atoms with van der Waals surface area (Å²) in [6.45, 7) is 13.2. The first-order chi connectivity index (χ1) is 28.9. The minimum absolute atomic E-state index is 0.181. The molecule has 0 atom stereocenters. The van der Waals surface area contributed by atoms with Gasteiger partial charge in [-0.05, 0) is 119 Å². The number of benzene rings is 8. The van der Waals surface area contributed by atoms with Crippen LogP contribution in [0.5, 0.6) is 0 Å². The van der Waals surface area contributed by atoms with Crippen LogP contribution in [0.2, 0.25) is 0 Å². The number of hydrogen-bond donors (Lipinski definition) is 0. The van der Waals surface area contributed by atoms with Crippen LogP contribution >= 0.6 is 11.3 Å². The van der Waals surface area contributed by atoms with Gasteiger partial charge >= 0.3 is 0 Å². The fourth-order valence-corrected chi connectivity index (χ4v) is 10.6. The van der Waals surface area contributed by atoms with Gasteiger partial charge in [-0.25, -0.2) is 0 Å². The molecule has 0 saturated carbocycles. The van der Waals surface area contributed by atoms with E-state index in [1.807, 2.05) is 23.7 Å². The molecule has 0 bridgehead atoms. The fraction of sp³-hybridized carbons (Fsp3) is 0.0526. The van der Waals surface area contributed by atoms with E-state index in [4.69, 9.17) is 11.0 Å². The molecule has 0 unspecified atom stereocenters. The SMILES string of the molecule is C=C/C=C\c1coc2ccc3cc4c(cc3c12)sc1ccc(-c2ccc3c(c2)C(C)(C)C(/C=C\C(=C)c2c5ccccc5c(-c5ccccc5)c5ccccc25)=C3)cc14. The summed E-state index contributed by atoms with van der Waals surface area (Å²) in [6, 6.07) is 51.2. The Kier molecular flexibility index (Phi) is 8.08. The summed E-state index contributed by atoms with van der Waals surface area (Å²) in [6.07, 6.45) is 14.5. The molecule has 2 heterocycles. The zero-order chi connectivity index (χ0) is 39.8. The molecular weight excluding hydrogens is 733 g/mol. The zero-order valence-electron chi connectivity index (χ0n) is 33.1. The Balaban J connectivity index is 0.935. The van der Waals surface area contributed by atoms with Crippen molar-refractivity contribution in [3.63, 3.8) is 0 Å². The molecule has 1 nitrogen and oxygen atoms in total. The van der Waals surface area contributed by atoms with Crippen LogP contribution in [-0.4, -0.2) is 0 Å². The van der Waals surface area contributed by atoms with Crippen molar-refractivity contribution < 1.29 is 4.42 Å². The molecule has 0 saturated heterocycles. The maximum atomic E-state index is 5.94. The molecule has 1 aliphatic carbocycles. The first-order valence-electron chi connectivity index (χ1n) is 20.2. The monoisotopic (exact) mass is 772 g/mol. The third-order valence-corrected chi connectivity index (χ3v) is 13.6. The molecule has 0 fully saturated rings. The van der Waals surface area contributed by atoms with Crippen LogP contribution in [-0.2, 0) is 5.41 Å². The highest BCUT2D eigenvalue weighted by atomic mass is 32.1. The number of allylic oxidation sites excluding steroid dienone is 6. The predicted octanol–water partition coefficient (Wildman–Crippen LogP) is 16.7. The van der Waals surface area contributed by atoms with E-state index in [0.29, 0.717) is 0 Å². The van der Waals surface area contributed by atoms with Gasteiger partial charge in [0.05, 0.1) is 6.26 Å². The highest BCUT2D eigenvalue weighted by molar-refractivity contribution is 7.25. The van der Waals surface area contributed by atoms with E-state index in [9.17, 15) is 0 Å². The molecule has 2 aromatic heterocycles. The van der Waals surface area contributed by atoms with Gasteiger partial charge in [0.2, 0.25) is 0 Å². The maximum absolute atomic E-state index is 5.94. The van der Waals surface area contributed by atoms with Crippen molar-refractivity contribution in [2.24, 2.45) is 0 Å². The summed E-state index contributed by atoms with van der Waals surface area (Å²) >= 11 is 1.85. The minimum atomic E-state index is -0.181. The largest absolute Gasteiger partial charge is 0.464 e. The van der Waals surface area contributed by atoms with Crippen LogP contribution in [0.1, 0.15) is 36.1 Å². The summed E-state index contributed by atoms with van der Waals surface area (Å²) < 4.78 is 8.51. The van der Waals surface area contributed by atoms with E-state index < -0.39 is 0 Å². The molecule has 59 heavy (non-hydrogen) atoms. The topological polar surface area (TPSA) is 13.1 Å². The van der Waals surface area contributed by atoms with E-state index >= 15 is 0 Å². The normalized spacial score (nSPS) is 13.8. The highest BCUT2D eigenvalue weighted by Crippen LogP contribution is 2.47. The summed E-state index contributed by atoms with van der Waals surface area (Å²) in [7, 11) is 0. The Labute approximate surface area is 347 Å². The average molecular weight is 773 g/mol. The van der Waals surface area contributed by atoms with Crippen molar-refractivity contribution >= 4 is 92.5 Å². The van der Waals surface area contributed by atoms with Crippen LogP contribution in [0.4, 0.5) is 0 Å². The Morgan fingerprint density at radius 1 is 0.627 bits per heavy atom. The molecule has 2 heteroatoms. The quantitative estimate of drug-likeness (QED) is 0.116. The third-order valence-electron chi connectivity index (χ3n) is 12.5. The molecule has 0 radical (unpaired) electrons. The molecule has 10 aromatic rings. The number of hydrogen-bond acceptors (Lipinski definition) is 2. The van der Waals surface area contributed by atoms with Crippen LogP contribution in [0, 0.1) is 0 Å². The Hall–Kier alpha value is -7.00. The lowest BCUT2D eigenvalue weighted by Gasteiger charge is -2.24. The Morgan fingerprint density at radius 2 is 1.32 bits per heavy atom. The van der Waals surface area contributed by atoms with Crippen LogP contribution in [0.25, 0.3) is 103 Å². The van der Waals surface area contributed by atoms with Crippen molar-refractivity contribution in [1.82, 2.24) is 0 Å². The molecule has 0 aliphatic heterocycles. The third kappa shape index (κ3) is 5.59. The highest BCUT2D eigenvalue weighted by Gasteiger charge is 2.32. The molecule has 1 aliphatic rings. The second-order valence-electron chi connectivity index (χ2n) is 16.2. The smallest absolute Gasteiger partial charge is 0.135 e. The van der Waals surface area contributed by atoms with E-state index in [0.717, 1.165) is 22.1 Å². The van der Waals surface area contributed by atoms with Gasteiger partial charge in [0, 0.05) is 36.5 Å². The second kappa shape index (κ2) is 13.6. The van der Waals surface area contributed by atoms with E-state index in [1.54, 1.807) is 6.08 Å². The molecule has 8 aromatic carbocycles. The maximum Gasteiger partial charge on any atom is 0.135 e. The van der Waals surface area contributed by atoms with Crippen molar-refractivity contribution in [3.8, 4) is 22.3 Å².